The molecule has 1 heterocycles. The summed E-state index contributed by atoms with van der Waals surface area (Å²) in [5.74, 6) is 0.784. The predicted molar refractivity (Wildman–Crippen MR) is 104 cm³/mol. The second-order valence-electron chi connectivity index (χ2n) is 8.13. The molecule has 0 amide bonds. The van der Waals surface area contributed by atoms with Crippen LogP contribution in [0.1, 0.15) is 69.9 Å². The van der Waals surface area contributed by atoms with E-state index in [1.54, 1.807) is 6.07 Å². The molecule has 0 radical (unpaired) electrons. The molecular weight excluding hydrogens is 366 g/mol. The topological polar surface area (TPSA) is 95.9 Å². The zero-order chi connectivity index (χ0) is 19.8. The monoisotopic (exact) mass is 395 g/mol. The Kier molecular flexibility index (Phi) is 5.45. The fourth-order valence-corrected chi connectivity index (χ4v) is 4.89. The Hall–Kier alpha value is -1.73. The summed E-state index contributed by atoms with van der Waals surface area (Å²) in [6.45, 7) is 6.22. The molecule has 7 heteroatoms. The van der Waals surface area contributed by atoms with Crippen molar-refractivity contribution in [3.05, 3.63) is 35.0 Å². The fraction of sp³-hybridized carbons (Fsp3) is 0.600. The number of unbranched alkanes of at least 4 members (excludes halogenated alkanes) is 2. The molecule has 1 aromatic rings. The molecule has 2 aliphatic rings. The number of nitrogens with one attached hydrogen (secondary N) is 1. The van der Waals surface area contributed by atoms with Crippen LogP contribution in [0.15, 0.2) is 23.9 Å². The van der Waals surface area contributed by atoms with Gasteiger partial charge in [0.05, 0.1) is 0 Å². The van der Waals surface area contributed by atoms with Crippen LogP contribution in [0.25, 0.3) is 0 Å². The number of allylic oxidation sites excluding steroid dienone is 2. The van der Waals surface area contributed by atoms with Crippen LogP contribution in [0, 0.1) is 5.92 Å². The molecule has 1 aliphatic carbocycles. The number of rotatable bonds is 6. The number of fused-ring (bicyclic) bond motifs is 3. The molecule has 6 nitrogen and oxygen atoms in total. The first-order valence-corrected chi connectivity index (χ1v) is 11.1. The van der Waals surface area contributed by atoms with E-state index in [0.29, 0.717) is 29.9 Å². The summed E-state index contributed by atoms with van der Waals surface area (Å²) in [4.78, 5) is 0. The summed E-state index contributed by atoms with van der Waals surface area (Å²) in [5, 5.41) is 10.7. The van der Waals surface area contributed by atoms with E-state index in [4.69, 9.17) is 9.29 Å². The molecule has 2 atom stereocenters. The van der Waals surface area contributed by atoms with Gasteiger partial charge in [0.25, 0.3) is 0 Å². The number of hydrogen-bond acceptors (Lipinski definition) is 4. The quantitative estimate of drug-likeness (QED) is 0.498. The van der Waals surface area contributed by atoms with Crippen molar-refractivity contribution in [3.8, 4) is 11.5 Å². The van der Waals surface area contributed by atoms with Crippen molar-refractivity contribution in [2.75, 3.05) is 0 Å². The van der Waals surface area contributed by atoms with Crippen molar-refractivity contribution in [1.29, 1.82) is 0 Å². The Morgan fingerprint density at radius 1 is 1.30 bits per heavy atom. The lowest BCUT2D eigenvalue weighted by Crippen LogP contribution is -2.46. The van der Waals surface area contributed by atoms with Crippen molar-refractivity contribution in [1.82, 2.24) is 4.72 Å². The van der Waals surface area contributed by atoms with Crippen molar-refractivity contribution in [3.63, 3.8) is 0 Å². The molecule has 3 rings (SSSR count). The van der Waals surface area contributed by atoms with Gasteiger partial charge < -0.3 is 9.84 Å². The maximum Gasteiger partial charge on any atom is 0.357 e. The highest BCUT2D eigenvalue weighted by Gasteiger charge is 2.45. The summed E-state index contributed by atoms with van der Waals surface area (Å²) in [6.07, 6.45) is 7.23. The molecular formula is C20H29NO5S. The Morgan fingerprint density at radius 3 is 2.70 bits per heavy atom. The van der Waals surface area contributed by atoms with Gasteiger partial charge in [-0.25, -0.2) is 0 Å². The highest BCUT2D eigenvalue weighted by molar-refractivity contribution is 7.83. The highest BCUT2D eigenvalue weighted by atomic mass is 32.2. The second kappa shape index (κ2) is 7.36. The van der Waals surface area contributed by atoms with Crippen LogP contribution in [0.5, 0.6) is 11.5 Å². The van der Waals surface area contributed by atoms with Gasteiger partial charge in [0.1, 0.15) is 17.1 Å². The normalized spacial score (nSPS) is 23.6. The van der Waals surface area contributed by atoms with Gasteiger partial charge in [0.15, 0.2) is 0 Å². The number of aromatic hydroxyl groups is 1. The molecule has 27 heavy (non-hydrogen) atoms. The van der Waals surface area contributed by atoms with Crippen LogP contribution in [0.3, 0.4) is 0 Å². The number of phenolic OH excluding ortho intramolecular Hbond substituents is 1. The summed E-state index contributed by atoms with van der Waals surface area (Å²) in [5.41, 5.74) is 1.76. The Balaban J connectivity index is 1.99. The third-order valence-electron chi connectivity index (χ3n) is 5.65. The molecule has 0 bridgehead atoms. The van der Waals surface area contributed by atoms with Gasteiger partial charge in [0, 0.05) is 23.1 Å². The zero-order valence-electron chi connectivity index (χ0n) is 16.2. The van der Waals surface area contributed by atoms with Crippen molar-refractivity contribution in [2.24, 2.45) is 5.92 Å². The van der Waals surface area contributed by atoms with Crippen LogP contribution in [-0.4, -0.2) is 23.7 Å². The third kappa shape index (κ3) is 4.41. The van der Waals surface area contributed by atoms with Gasteiger partial charge in [0.2, 0.25) is 0 Å². The van der Waals surface area contributed by atoms with Crippen molar-refractivity contribution >= 4 is 10.3 Å². The van der Waals surface area contributed by atoms with Crippen LogP contribution in [0.2, 0.25) is 0 Å². The summed E-state index contributed by atoms with van der Waals surface area (Å²) < 4.78 is 40.0. The summed E-state index contributed by atoms with van der Waals surface area (Å²) >= 11 is 0. The van der Waals surface area contributed by atoms with Crippen molar-refractivity contribution < 1.29 is 22.8 Å². The molecule has 0 spiro atoms. The van der Waals surface area contributed by atoms with E-state index in [1.807, 2.05) is 26.0 Å². The lowest BCUT2D eigenvalue weighted by atomic mass is 9.68. The third-order valence-corrected chi connectivity index (χ3v) is 6.17. The van der Waals surface area contributed by atoms with E-state index in [9.17, 15) is 13.5 Å². The van der Waals surface area contributed by atoms with Gasteiger partial charge >= 0.3 is 10.3 Å². The maximum atomic E-state index is 11.2. The Labute approximate surface area is 161 Å². The smallest absolute Gasteiger partial charge is 0.357 e. The Morgan fingerprint density at radius 2 is 2.04 bits per heavy atom. The van der Waals surface area contributed by atoms with Gasteiger partial charge in [-0.15, -0.1) is 0 Å². The second-order valence-corrected chi connectivity index (χ2v) is 9.28. The van der Waals surface area contributed by atoms with E-state index in [1.165, 1.54) is 0 Å². The largest absolute Gasteiger partial charge is 0.507 e. The van der Waals surface area contributed by atoms with E-state index in [0.717, 1.165) is 31.2 Å². The van der Waals surface area contributed by atoms with Gasteiger partial charge in [-0.05, 0) is 57.2 Å². The van der Waals surface area contributed by atoms with E-state index < -0.39 is 15.9 Å². The minimum absolute atomic E-state index is 0.105. The molecule has 0 aromatic heterocycles. The average Bonchev–Trinajstić information content (AvgIpc) is 2.52. The molecule has 1 aromatic carbocycles. The molecule has 2 unspecified atom stereocenters. The van der Waals surface area contributed by atoms with Crippen LogP contribution < -0.4 is 9.46 Å². The number of hydrogen-bond donors (Lipinski definition) is 3. The zero-order valence-corrected chi connectivity index (χ0v) is 17.0. The first-order chi connectivity index (χ1) is 12.6. The van der Waals surface area contributed by atoms with E-state index in [2.05, 4.69) is 11.6 Å². The van der Waals surface area contributed by atoms with Crippen LogP contribution >= 0.6 is 0 Å². The molecule has 150 valence electrons. The van der Waals surface area contributed by atoms with E-state index >= 15 is 0 Å². The molecule has 0 fully saturated rings. The SMILES string of the molecule is CCCCCc1cc(O)c2c(c1)OC(C)(C)C1CCC(NS(=O)(=O)O)=CC21. The number of ether oxygens (including phenoxy) is 1. The number of aryl methyl sites for hydroxylation is 1. The molecule has 1 aliphatic heterocycles. The standard InChI is InChI=1S/C20H29NO5S/c1-4-5-6-7-13-10-17(22)19-15-12-14(21-27(23,24)25)8-9-16(15)20(2,3)26-18(19)11-13/h10-12,15-16,21-22H,4-9H2,1-3H3,(H,23,24,25). The van der Waals surface area contributed by atoms with Crippen molar-refractivity contribution in [2.45, 2.75) is 70.8 Å². The first-order valence-electron chi connectivity index (χ1n) is 9.61. The average molecular weight is 396 g/mol. The van der Waals surface area contributed by atoms with Crippen LogP contribution in [-0.2, 0) is 16.7 Å². The molecule has 3 N–H and O–H groups in total. The summed E-state index contributed by atoms with van der Waals surface area (Å²) in [7, 11) is -4.31. The first kappa shape index (κ1) is 20.0. The van der Waals surface area contributed by atoms with Gasteiger partial charge in [-0.2, -0.15) is 8.42 Å². The van der Waals surface area contributed by atoms with Gasteiger partial charge in [-0.1, -0.05) is 25.8 Å². The predicted octanol–water partition coefficient (Wildman–Crippen LogP) is 4.07. The number of benzene rings is 1. The summed E-state index contributed by atoms with van der Waals surface area (Å²) in [6, 6.07) is 3.80. The maximum absolute atomic E-state index is 11.2. The Bertz CT molecular complexity index is 844. The lowest BCUT2D eigenvalue weighted by molar-refractivity contribution is 0.0105. The number of phenols is 1. The minimum Gasteiger partial charge on any atom is -0.507 e. The molecule has 0 saturated carbocycles. The lowest BCUT2D eigenvalue weighted by Gasteiger charge is -2.46. The minimum atomic E-state index is -4.31. The molecule has 0 saturated heterocycles. The highest BCUT2D eigenvalue weighted by Crippen LogP contribution is 2.53. The van der Waals surface area contributed by atoms with Crippen LogP contribution in [0.4, 0.5) is 0 Å². The fourth-order valence-electron chi connectivity index (χ4n) is 4.39. The van der Waals surface area contributed by atoms with Gasteiger partial charge in [-0.3, -0.25) is 9.27 Å². The van der Waals surface area contributed by atoms with E-state index in [-0.39, 0.29) is 17.6 Å².